The van der Waals surface area contributed by atoms with Crippen LogP contribution in [0.25, 0.3) is 0 Å². The summed E-state index contributed by atoms with van der Waals surface area (Å²) in [5.41, 5.74) is 6.22. The highest BCUT2D eigenvalue weighted by Gasteiger charge is 2.46. The van der Waals surface area contributed by atoms with Crippen LogP contribution in [0.3, 0.4) is 0 Å². The molecule has 1 aliphatic carbocycles. The fourth-order valence-electron chi connectivity index (χ4n) is 3.20. The van der Waals surface area contributed by atoms with Crippen molar-refractivity contribution in [2.75, 3.05) is 26.8 Å². The smallest absolute Gasteiger partial charge is 0.0615 e. The quantitative estimate of drug-likeness (QED) is 0.727. The molecule has 1 unspecified atom stereocenters. The third-order valence-electron chi connectivity index (χ3n) is 3.73. The molecule has 1 aliphatic rings. The second-order valence-electron chi connectivity index (χ2n) is 5.03. The predicted octanol–water partition coefficient (Wildman–Crippen LogP) is 1.47. The minimum Gasteiger partial charge on any atom is -0.383 e. The largest absolute Gasteiger partial charge is 0.383 e. The highest BCUT2D eigenvalue weighted by Crippen LogP contribution is 2.42. The maximum Gasteiger partial charge on any atom is 0.0615 e. The lowest BCUT2D eigenvalue weighted by Gasteiger charge is -2.55. The molecule has 0 aliphatic heterocycles. The van der Waals surface area contributed by atoms with Crippen LogP contribution in [-0.2, 0) is 4.74 Å². The molecule has 0 heterocycles. The van der Waals surface area contributed by atoms with E-state index < -0.39 is 0 Å². The van der Waals surface area contributed by atoms with Gasteiger partial charge in [-0.05, 0) is 32.2 Å². The number of likely N-dealkylation sites (N-methyl/N-ethyl adjacent to an activating group) is 1. The Kier molecular flexibility index (Phi) is 4.56. The third kappa shape index (κ3) is 2.52. The van der Waals surface area contributed by atoms with Gasteiger partial charge in [-0.3, -0.25) is 4.90 Å². The van der Waals surface area contributed by atoms with Crippen molar-refractivity contribution in [3.05, 3.63) is 0 Å². The van der Waals surface area contributed by atoms with Crippen molar-refractivity contribution in [1.82, 2.24) is 4.90 Å². The molecule has 0 aromatic rings. The number of nitrogens with zero attached hydrogens (tertiary/aromatic N) is 1. The van der Waals surface area contributed by atoms with E-state index in [4.69, 9.17) is 10.5 Å². The normalized spacial score (nSPS) is 32.8. The topological polar surface area (TPSA) is 38.5 Å². The zero-order valence-electron chi connectivity index (χ0n) is 10.6. The number of hydrogen-bond donors (Lipinski definition) is 1. The van der Waals surface area contributed by atoms with E-state index in [0.29, 0.717) is 6.04 Å². The van der Waals surface area contributed by atoms with E-state index in [-0.39, 0.29) is 5.54 Å². The van der Waals surface area contributed by atoms with Gasteiger partial charge in [0.1, 0.15) is 0 Å². The average Bonchev–Trinajstić information content (AvgIpc) is 2.16. The van der Waals surface area contributed by atoms with Gasteiger partial charge in [0, 0.05) is 25.2 Å². The van der Waals surface area contributed by atoms with Gasteiger partial charge in [0.15, 0.2) is 0 Å². The first-order valence-corrected chi connectivity index (χ1v) is 6.05. The molecule has 15 heavy (non-hydrogen) atoms. The molecular weight excluding hydrogens is 188 g/mol. The Balaban J connectivity index is 2.63. The molecule has 1 atom stereocenters. The molecule has 0 saturated heterocycles. The van der Waals surface area contributed by atoms with E-state index in [9.17, 15) is 0 Å². The van der Waals surface area contributed by atoms with Crippen LogP contribution in [0, 0.1) is 5.92 Å². The van der Waals surface area contributed by atoms with Crippen molar-refractivity contribution in [1.29, 1.82) is 0 Å². The van der Waals surface area contributed by atoms with E-state index in [2.05, 4.69) is 25.7 Å². The fourth-order valence-corrected chi connectivity index (χ4v) is 3.20. The van der Waals surface area contributed by atoms with Gasteiger partial charge in [-0.1, -0.05) is 13.8 Å². The summed E-state index contributed by atoms with van der Waals surface area (Å²) in [6.07, 6.45) is 2.48. The molecule has 0 spiro atoms. The third-order valence-corrected chi connectivity index (χ3v) is 3.73. The summed E-state index contributed by atoms with van der Waals surface area (Å²) in [6.45, 7) is 9.39. The van der Waals surface area contributed by atoms with Crippen LogP contribution in [0.2, 0.25) is 0 Å². The molecule has 1 rings (SSSR count). The molecule has 0 radical (unpaired) electrons. The highest BCUT2D eigenvalue weighted by molar-refractivity contribution is 5.03. The Labute approximate surface area is 94.0 Å². The lowest BCUT2D eigenvalue weighted by atomic mass is 9.67. The summed E-state index contributed by atoms with van der Waals surface area (Å²) < 4.78 is 5.24. The Hall–Kier alpha value is -0.120. The molecule has 1 fully saturated rings. The van der Waals surface area contributed by atoms with Gasteiger partial charge in [-0.2, -0.15) is 0 Å². The summed E-state index contributed by atoms with van der Waals surface area (Å²) in [6, 6.07) is 0.469. The fraction of sp³-hybridized carbons (Fsp3) is 1.00. The van der Waals surface area contributed by atoms with Gasteiger partial charge in [-0.25, -0.2) is 0 Å². The molecule has 3 heteroatoms. The predicted molar refractivity (Wildman–Crippen MR) is 63.9 cm³/mol. The Morgan fingerprint density at radius 3 is 2.47 bits per heavy atom. The molecule has 90 valence electrons. The van der Waals surface area contributed by atoms with Crippen LogP contribution in [-0.4, -0.2) is 43.3 Å². The van der Waals surface area contributed by atoms with Crippen molar-refractivity contribution in [2.24, 2.45) is 11.7 Å². The zero-order valence-corrected chi connectivity index (χ0v) is 10.6. The van der Waals surface area contributed by atoms with Crippen molar-refractivity contribution in [2.45, 2.75) is 45.2 Å². The van der Waals surface area contributed by atoms with E-state index in [1.807, 2.05) is 0 Å². The van der Waals surface area contributed by atoms with E-state index >= 15 is 0 Å². The Bertz CT molecular complexity index is 190. The summed E-state index contributed by atoms with van der Waals surface area (Å²) in [5.74, 6) is 0.831. The van der Waals surface area contributed by atoms with Crippen LogP contribution in [0.4, 0.5) is 0 Å². The number of methoxy groups -OCH3 is 1. The van der Waals surface area contributed by atoms with Crippen molar-refractivity contribution in [3.63, 3.8) is 0 Å². The molecule has 0 amide bonds. The maximum atomic E-state index is 5.96. The minimum absolute atomic E-state index is 0.256. The molecule has 0 aromatic carbocycles. The number of nitrogens with two attached hydrogens (primary N) is 1. The maximum absolute atomic E-state index is 5.96. The van der Waals surface area contributed by atoms with Crippen molar-refractivity contribution < 1.29 is 4.74 Å². The van der Waals surface area contributed by atoms with Gasteiger partial charge < -0.3 is 10.5 Å². The first-order valence-electron chi connectivity index (χ1n) is 6.05. The van der Waals surface area contributed by atoms with Crippen molar-refractivity contribution >= 4 is 0 Å². The van der Waals surface area contributed by atoms with Crippen LogP contribution < -0.4 is 5.73 Å². The SMILES string of the molecule is CCN(C(C)COC)C1(CN)CC(C)C1. The molecule has 3 nitrogen and oxygen atoms in total. The minimum atomic E-state index is 0.256. The van der Waals surface area contributed by atoms with Crippen LogP contribution in [0.5, 0.6) is 0 Å². The zero-order chi connectivity index (χ0) is 11.5. The summed E-state index contributed by atoms with van der Waals surface area (Å²) in [7, 11) is 1.77. The molecule has 2 N–H and O–H groups in total. The highest BCUT2D eigenvalue weighted by atomic mass is 16.5. The number of ether oxygens (including phenoxy) is 1. The van der Waals surface area contributed by atoms with E-state index in [1.54, 1.807) is 7.11 Å². The van der Waals surface area contributed by atoms with Crippen LogP contribution in [0.15, 0.2) is 0 Å². The molecule has 1 saturated carbocycles. The van der Waals surface area contributed by atoms with E-state index in [0.717, 1.165) is 25.6 Å². The van der Waals surface area contributed by atoms with Gasteiger partial charge in [-0.15, -0.1) is 0 Å². The summed E-state index contributed by atoms with van der Waals surface area (Å²) in [4.78, 5) is 2.52. The standard InChI is InChI=1S/C12H26N2O/c1-5-14(11(3)8-15-4)12(9-13)6-10(2)7-12/h10-11H,5-9,13H2,1-4H3. The first kappa shape index (κ1) is 12.9. The second kappa shape index (κ2) is 5.28. The number of rotatable bonds is 6. The van der Waals surface area contributed by atoms with Crippen LogP contribution in [0.1, 0.15) is 33.6 Å². The summed E-state index contributed by atoms with van der Waals surface area (Å²) >= 11 is 0. The monoisotopic (exact) mass is 214 g/mol. The van der Waals surface area contributed by atoms with Gasteiger partial charge in [0.2, 0.25) is 0 Å². The second-order valence-corrected chi connectivity index (χ2v) is 5.03. The first-order chi connectivity index (χ1) is 7.09. The lowest BCUT2D eigenvalue weighted by Crippen LogP contribution is -2.64. The number of hydrogen-bond acceptors (Lipinski definition) is 3. The molecular formula is C12H26N2O. The molecule has 0 bridgehead atoms. The van der Waals surface area contributed by atoms with Crippen molar-refractivity contribution in [3.8, 4) is 0 Å². The van der Waals surface area contributed by atoms with Crippen LogP contribution >= 0.6 is 0 Å². The Morgan fingerprint density at radius 2 is 2.13 bits per heavy atom. The van der Waals surface area contributed by atoms with E-state index in [1.165, 1.54) is 12.8 Å². The van der Waals surface area contributed by atoms with Gasteiger partial charge >= 0.3 is 0 Å². The average molecular weight is 214 g/mol. The van der Waals surface area contributed by atoms with Gasteiger partial charge in [0.25, 0.3) is 0 Å². The Morgan fingerprint density at radius 1 is 1.53 bits per heavy atom. The molecule has 0 aromatic heterocycles. The van der Waals surface area contributed by atoms with Gasteiger partial charge in [0.05, 0.1) is 6.61 Å². The summed E-state index contributed by atoms with van der Waals surface area (Å²) in [5, 5.41) is 0. The lowest BCUT2D eigenvalue weighted by molar-refractivity contribution is -0.0504.